The summed E-state index contributed by atoms with van der Waals surface area (Å²) in [4.78, 5) is 0. The summed E-state index contributed by atoms with van der Waals surface area (Å²) in [5.41, 5.74) is 3.31. The third-order valence-corrected chi connectivity index (χ3v) is 5.20. The zero-order valence-electron chi connectivity index (χ0n) is 12.9. The molecule has 0 fully saturated rings. The first-order chi connectivity index (χ1) is 11.0. The molecule has 7 heteroatoms. The third kappa shape index (κ3) is 4.33. The first-order valence-electron chi connectivity index (χ1n) is 7.12. The van der Waals surface area contributed by atoms with Gasteiger partial charge in [-0.05, 0) is 36.0 Å². The Kier molecular flexibility index (Phi) is 5.79. The standard InChI is InChI=1S/C16H18N2O3S2/c1-3-10-23(19,20)21-18-16-14(8-9-22-16)15(11-17)13-7-5-4-6-12(13)2/h4-9,11,17H,3,10H2,1-2H3/b15-14+,17-11?,18-16-. The molecule has 0 radical (unpaired) electrons. The number of nitrogens with one attached hydrogen (secondary N) is 1. The van der Waals surface area contributed by atoms with Gasteiger partial charge in [-0.1, -0.05) is 48.1 Å². The number of benzene rings is 1. The maximum Gasteiger partial charge on any atom is 0.328 e. The van der Waals surface area contributed by atoms with Gasteiger partial charge in [0.1, 0.15) is 5.04 Å². The maximum atomic E-state index is 11.6. The van der Waals surface area contributed by atoms with Gasteiger partial charge in [0.25, 0.3) is 0 Å². The molecular weight excluding hydrogens is 332 g/mol. The summed E-state index contributed by atoms with van der Waals surface area (Å²) in [7, 11) is -3.66. The first-order valence-corrected chi connectivity index (χ1v) is 9.58. The van der Waals surface area contributed by atoms with Crippen molar-refractivity contribution in [3.8, 4) is 0 Å². The molecule has 1 aliphatic rings. The molecule has 1 N–H and O–H groups in total. The third-order valence-electron chi connectivity index (χ3n) is 3.20. The molecule has 0 amide bonds. The second kappa shape index (κ2) is 7.61. The summed E-state index contributed by atoms with van der Waals surface area (Å²) in [6.45, 7) is 3.72. The van der Waals surface area contributed by atoms with Gasteiger partial charge in [0.05, 0.1) is 5.75 Å². The lowest BCUT2D eigenvalue weighted by Gasteiger charge is -2.09. The van der Waals surface area contributed by atoms with Crippen LogP contribution < -0.4 is 0 Å². The predicted octanol–water partition coefficient (Wildman–Crippen LogP) is 3.73. The summed E-state index contributed by atoms with van der Waals surface area (Å²) in [5.74, 6) is -0.0733. The van der Waals surface area contributed by atoms with E-state index >= 15 is 0 Å². The lowest BCUT2D eigenvalue weighted by Crippen LogP contribution is -2.08. The molecular formula is C16H18N2O3S2. The van der Waals surface area contributed by atoms with Crippen molar-refractivity contribution in [2.24, 2.45) is 5.16 Å². The Bertz CT molecular complexity index is 793. The van der Waals surface area contributed by atoms with Crippen LogP contribution >= 0.6 is 11.8 Å². The Morgan fingerprint density at radius 2 is 2.13 bits per heavy atom. The number of allylic oxidation sites excluding steroid dienone is 2. The first kappa shape index (κ1) is 17.5. The molecule has 122 valence electrons. The highest BCUT2D eigenvalue weighted by molar-refractivity contribution is 8.17. The average Bonchev–Trinajstić information content (AvgIpc) is 2.96. The molecule has 0 unspecified atom stereocenters. The Morgan fingerprint density at radius 3 is 2.78 bits per heavy atom. The van der Waals surface area contributed by atoms with Crippen LogP contribution in [-0.4, -0.2) is 25.4 Å². The zero-order valence-corrected chi connectivity index (χ0v) is 14.6. The van der Waals surface area contributed by atoms with Crippen LogP contribution in [0, 0.1) is 12.3 Å². The summed E-state index contributed by atoms with van der Waals surface area (Å²) in [5, 5.41) is 13.8. The van der Waals surface area contributed by atoms with Gasteiger partial charge >= 0.3 is 10.1 Å². The second-order valence-electron chi connectivity index (χ2n) is 4.94. The normalized spacial score (nSPS) is 18.3. The number of oxime groups is 1. The van der Waals surface area contributed by atoms with Gasteiger partial charge in [-0.2, -0.15) is 8.42 Å². The minimum absolute atomic E-state index is 0.0733. The molecule has 0 saturated carbocycles. The highest BCUT2D eigenvalue weighted by Crippen LogP contribution is 2.31. The maximum absolute atomic E-state index is 11.6. The summed E-state index contributed by atoms with van der Waals surface area (Å²) in [6.07, 6.45) is 3.53. The number of rotatable bonds is 6. The molecule has 23 heavy (non-hydrogen) atoms. The lowest BCUT2D eigenvalue weighted by atomic mass is 9.97. The van der Waals surface area contributed by atoms with Crippen LogP contribution in [-0.2, 0) is 14.4 Å². The molecule has 0 atom stereocenters. The predicted molar refractivity (Wildman–Crippen MR) is 96.2 cm³/mol. The topological polar surface area (TPSA) is 79.6 Å². The van der Waals surface area contributed by atoms with Gasteiger partial charge in [-0.3, -0.25) is 4.28 Å². The van der Waals surface area contributed by atoms with Gasteiger partial charge < -0.3 is 5.41 Å². The smallest absolute Gasteiger partial charge is 0.308 e. The summed E-state index contributed by atoms with van der Waals surface area (Å²) >= 11 is 1.27. The van der Waals surface area contributed by atoms with Crippen molar-refractivity contribution in [1.29, 1.82) is 5.41 Å². The quantitative estimate of drug-likeness (QED) is 0.626. The van der Waals surface area contributed by atoms with Crippen LogP contribution in [0.5, 0.6) is 0 Å². The van der Waals surface area contributed by atoms with Crippen molar-refractivity contribution >= 4 is 38.7 Å². The molecule has 1 aliphatic heterocycles. The van der Waals surface area contributed by atoms with E-state index in [1.807, 2.05) is 37.3 Å². The molecule has 0 saturated heterocycles. The van der Waals surface area contributed by atoms with Crippen LogP contribution in [0.2, 0.25) is 0 Å². The summed E-state index contributed by atoms with van der Waals surface area (Å²) < 4.78 is 28.0. The Hall–Kier alpha value is -1.86. The Balaban J connectivity index is 2.41. The van der Waals surface area contributed by atoms with Crippen LogP contribution in [0.25, 0.3) is 5.57 Å². The highest BCUT2D eigenvalue weighted by atomic mass is 32.2. The molecule has 1 aromatic carbocycles. The molecule has 0 aliphatic carbocycles. The minimum Gasteiger partial charge on any atom is -0.308 e. The number of thioether (sulfide) groups is 1. The fraction of sp³-hybridized carbons (Fsp3) is 0.250. The van der Waals surface area contributed by atoms with E-state index < -0.39 is 10.1 Å². The molecule has 2 rings (SSSR count). The van der Waals surface area contributed by atoms with Gasteiger partial charge in [0.15, 0.2) is 0 Å². The van der Waals surface area contributed by atoms with E-state index in [0.717, 1.165) is 11.1 Å². The van der Waals surface area contributed by atoms with Crippen LogP contribution in [0.1, 0.15) is 24.5 Å². The van der Waals surface area contributed by atoms with Crippen molar-refractivity contribution in [2.75, 3.05) is 5.75 Å². The van der Waals surface area contributed by atoms with Crippen molar-refractivity contribution in [1.82, 2.24) is 0 Å². The van der Waals surface area contributed by atoms with E-state index in [2.05, 4.69) is 5.16 Å². The van der Waals surface area contributed by atoms with Gasteiger partial charge in [-0.15, -0.1) is 0 Å². The lowest BCUT2D eigenvalue weighted by molar-refractivity contribution is 0.340. The van der Waals surface area contributed by atoms with E-state index in [0.29, 0.717) is 22.6 Å². The Labute approximate surface area is 140 Å². The van der Waals surface area contributed by atoms with Crippen LogP contribution in [0.3, 0.4) is 0 Å². The van der Waals surface area contributed by atoms with E-state index in [-0.39, 0.29) is 5.75 Å². The second-order valence-corrected chi connectivity index (χ2v) is 7.51. The molecule has 0 spiro atoms. The molecule has 1 aromatic rings. The van der Waals surface area contributed by atoms with Gasteiger partial charge in [0, 0.05) is 17.4 Å². The number of hydrogen-bond acceptors (Lipinski definition) is 6. The molecule has 1 heterocycles. The Morgan fingerprint density at radius 1 is 1.39 bits per heavy atom. The molecule has 0 aromatic heterocycles. The van der Waals surface area contributed by atoms with Crippen molar-refractivity contribution in [3.05, 3.63) is 52.4 Å². The van der Waals surface area contributed by atoms with E-state index in [1.165, 1.54) is 18.0 Å². The van der Waals surface area contributed by atoms with Gasteiger partial charge in [0.2, 0.25) is 0 Å². The number of aryl methyl sites for hydroxylation is 1. The van der Waals surface area contributed by atoms with E-state index in [9.17, 15) is 8.42 Å². The van der Waals surface area contributed by atoms with Crippen LogP contribution in [0.15, 0.2) is 46.5 Å². The number of nitrogens with zero attached hydrogens (tertiary/aromatic N) is 1. The van der Waals surface area contributed by atoms with E-state index in [4.69, 9.17) is 9.69 Å². The fourth-order valence-electron chi connectivity index (χ4n) is 2.13. The van der Waals surface area contributed by atoms with Crippen LogP contribution in [0.4, 0.5) is 0 Å². The summed E-state index contributed by atoms with van der Waals surface area (Å²) in [6, 6.07) is 7.72. The monoisotopic (exact) mass is 350 g/mol. The molecule has 5 nitrogen and oxygen atoms in total. The van der Waals surface area contributed by atoms with Crippen molar-refractivity contribution in [2.45, 2.75) is 20.3 Å². The van der Waals surface area contributed by atoms with Gasteiger partial charge in [-0.25, -0.2) is 0 Å². The SMILES string of the molecule is CCCS(=O)(=O)O/N=C1\SC=C\C1=C(\C=N)c1ccccc1C. The average molecular weight is 350 g/mol. The highest BCUT2D eigenvalue weighted by Gasteiger charge is 2.19. The fourth-order valence-corrected chi connectivity index (χ4v) is 3.66. The minimum atomic E-state index is -3.66. The largest absolute Gasteiger partial charge is 0.328 e. The molecule has 0 bridgehead atoms. The number of hydrogen-bond donors (Lipinski definition) is 1. The van der Waals surface area contributed by atoms with E-state index in [1.54, 1.807) is 12.3 Å². The van der Waals surface area contributed by atoms with Crippen molar-refractivity contribution in [3.63, 3.8) is 0 Å². The zero-order chi connectivity index (χ0) is 16.9. The van der Waals surface area contributed by atoms with Crippen molar-refractivity contribution < 1.29 is 12.7 Å².